The Morgan fingerprint density at radius 1 is 1.40 bits per heavy atom. The minimum atomic E-state index is -1.06. The maximum Gasteiger partial charge on any atom is 0.334 e. The third-order valence-corrected chi connectivity index (χ3v) is 3.65. The molecule has 1 saturated heterocycles. The average Bonchev–Trinajstić information content (AvgIpc) is 2.40. The van der Waals surface area contributed by atoms with Crippen LogP contribution in [0.1, 0.15) is 22.8 Å². The Bertz CT molecular complexity index is 546. The van der Waals surface area contributed by atoms with Gasteiger partial charge >= 0.3 is 5.97 Å². The number of carbonyl (C=O) groups excluding carboxylic acids is 1. The zero-order valence-corrected chi connectivity index (χ0v) is 12.1. The summed E-state index contributed by atoms with van der Waals surface area (Å²) in [5.74, 6) is -1.29. The minimum Gasteiger partial charge on any atom is -0.479 e. The fraction of sp³-hybridized carbons (Fsp3) is 0.429. The Kier molecular flexibility index (Phi) is 4.30. The van der Waals surface area contributed by atoms with Gasteiger partial charge < -0.3 is 14.7 Å². The molecule has 1 fully saturated rings. The van der Waals surface area contributed by atoms with Gasteiger partial charge in [-0.2, -0.15) is 0 Å². The fourth-order valence-corrected chi connectivity index (χ4v) is 2.34. The lowest BCUT2D eigenvalue weighted by Crippen LogP contribution is -2.51. The summed E-state index contributed by atoms with van der Waals surface area (Å²) in [7, 11) is 0. The molecule has 1 heterocycles. The monoisotopic (exact) mass is 297 g/mol. The number of hydrogen-bond donors (Lipinski definition) is 1. The maximum absolute atomic E-state index is 12.4. The number of morpholine rings is 1. The fourth-order valence-electron chi connectivity index (χ4n) is 2.16. The van der Waals surface area contributed by atoms with Crippen LogP contribution in [-0.4, -0.2) is 47.2 Å². The predicted octanol–water partition coefficient (Wildman–Crippen LogP) is 1.96. The summed E-state index contributed by atoms with van der Waals surface area (Å²) in [5, 5.41) is 9.54. The van der Waals surface area contributed by atoms with E-state index in [0.29, 0.717) is 17.1 Å². The van der Waals surface area contributed by atoms with Crippen molar-refractivity contribution in [2.45, 2.75) is 26.1 Å². The Labute approximate surface area is 122 Å². The van der Waals surface area contributed by atoms with Crippen LogP contribution in [0.2, 0.25) is 5.02 Å². The lowest BCUT2D eigenvalue weighted by Gasteiger charge is -2.35. The number of aliphatic carboxylic acids is 1. The highest BCUT2D eigenvalue weighted by molar-refractivity contribution is 6.31. The number of ether oxygens (including phenoxy) is 1. The third-order valence-electron chi connectivity index (χ3n) is 3.24. The van der Waals surface area contributed by atoms with Gasteiger partial charge in [0.15, 0.2) is 6.10 Å². The molecule has 108 valence electrons. The summed E-state index contributed by atoms with van der Waals surface area (Å²) in [6, 6.07) is 5.07. The van der Waals surface area contributed by atoms with E-state index < -0.39 is 12.1 Å². The number of carbonyl (C=O) groups is 2. The second kappa shape index (κ2) is 5.81. The number of aryl methyl sites for hydroxylation is 1. The van der Waals surface area contributed by atoms with Crippen molar-refractivity contribution < 1.29 is 19.4 Å². The largest absolute Gasteiger partial charge is 0.479 e. The number of halogens is 1. The topological polar surface area (TPSA) is 66.8 Å². The zero-order valence-electron chi connectivity index (χ0n) is 11.3. The molecule has 0 aliphatic carbocycles. The van der Waals surface area contributed by atoms with Gasteiger partial charge in [-0.25, -0.2) is 4.79 Å². The number of hydrogen-bond acceptors (Lipinski definition) is 3. The highest BCUT2D eigenvalue weighted by Gasteiger charge is 2.33. The highest BCUT2D eigenvalue weighted by Crippen LogP contribution is 2.20. The Morgan fingerprint density at radius 3 is 2.70 bits per heavy atom. The number of carboxylic acid groups (broad SMARTS) is 1. The van der Waals surface area contributed by atoms with Crippen molar-refractivity contribution in [1.82, 2.24) is 4.90 Å². The molecule has 0 saturated carbocycles. The van der Waals surface area contributed by atoms with Crippen LogP contribution in [0.5, 0.6) is 0 Å². The molecule has 5 nitrogen and oxygen atoms in total. The van der Waals surface area contributed by atoms with Crippen LogP contribution in [0, 0.1) is 6.92 Å². The van der Waals surface area contributed by atoms with Crippen LogP contribution in [0.3, 0.4) is 0 Å². The highest BCUT2D eigenvalue weighted by atomic mass is 35.5. The Morgan fingerprint density at radius 2 is 2.10 bits per heavy atom. The summed E-state index contributed by atoms with van der Waals surface area (Å²) in [6.07, 6.45) is -1.29. The first-order chi connectivity index (χ1) is 9.38. The van der Waals surface area contributed by atoms with Crippen molar-refractivity contribution in [3.8, 4) is 0 Å². The maximum atomic E-state index is 12.4. The first kappa shape index (κ1) is 14.8. The van der Waals surface area contributed by atoms with E-state index in [9.17, 15) is 9.59 Å². The number of benzene rings is 1. The van der Waals surface area contributed by atoms with Crippen molar-refractivity contribution in [2.24, 2.45) is 0 Å². The molecule has 0 spiro atoms. The van der Waals surface area contributed by atoms with E-state index in [1.807, 2.05) is 6.92 Å². The first-order valence-corrected chi connectivity index (χ1v) is 6.70. The molecule has 1 aliphatic heterocycles. The van der Waals surface area contributed by atoms with Gasteiger partial charge in [-0.3, -0.25) is 4.79 Å². The normalized spacial score (nSPS) is 22.6. The van der Waals surface area contributed by atoms with Crippen molar-refractivity contribution in [1.29, 1.82) is 0 Å². The summed E-state index contributed by atoms with van der Waals surface area (Å²) in [5.41, 5.74) is 1.35. The van der Waals surface area contributed by atoms with E-state index >= 15 is 0 Å². The quantitative estimate of drug-likeness (QED) is 0.906. The van der Waals surface area contributed by atoms with Gasteiger partial charge in [-0.15, -0.1) is 0 Å². The van der Waals surface area contributed by atoms with E-state index in [4.69, 9.17) is 21.4 Å². The van der Waals surface area contributed by atoms with E-state index in [-0.39, 0.29) is 18.6 Å². The van der Waals surface area contributed by atoms with Crippen molar-refractivity contribution in [2.75, 3.05) is 13.1 Å². The lowest BCUT2D eigenvalue weighted by molar-refractivity contribution is -0.160. The number of rotatable bonds is 2. The smallest absolute Gasteiger partial charge is 0.334 e. The summed E-state index contributed by atoms with van der Waals surface area (Å²) in [4.78, 5) is 24.9. The van der Waals surface area contributed by atoms with E-state index in [2.05, 4.69) is 0 Å². The molecule has 2 atom stereocenters. The minimum absolute atomic E-state index is 0.0456. The number of carboxylic acids is 1. The molecule has 1 aromatic carbocycles. The number of amides is 1. The van der Waals surface area contributed by atoms with Gasteiger partial charge in [0.1, 0.15) is 0 Å². The number of nitrogens with zero attached hydrogens (tertiary/aromatic N) is 1. The Hall–Kier alpha value is -1.59. The summed E-state index contributed by atoms with van der Waals surface area (Å²) < 4.78 is 5.29. The van der Waals surface area contributed by atoms with Gasteiger partial charge in [-0.05, 0) is 31.5 Å². The van der Waals surface area contributed by atoms with E-state index in [1.165, 1.54) is 4.90 Å². The van der Waals surface area contributed by atoms with Crippen LogP contribution in [0.25, 0.3) is 0 Å². The molecule has 1 N–H and O–H groups in total. The molecule has 20 heavy (non-hydrogen) atoms. The van der Waals surface area contributed by atoms with E-state index in [0.717, 1.165) is 5.56 Å². The molecule has 2 rings (SSSR count). The molecule has 1 amide bonds. The van der Waals surface area contributed by atoms with Crippen LogP contribution < -0.4 is 0 Å². The van der Waals surface area contributed by atoms with Crippen LogP contribution >= 0.6 is 11.6 Å². The third kappa shape index (κ3) is 3.11. The van der Waals surface area contributed by atoms with Crippen molar-refractivity contribution in [3.05, 3.63) is 34.3 Å². The standard InChI is InChI=1S/C14H16ClNO4/c1-8-3-4-10(5-11(8)15)13(17)16-6-9(2)20-12(7-16)14(18)19/h3-5,9,12H,6-7H2,1-2H3,(H,18,19)/t9-,12?/m1/s1. The molecule has 1 aliphatic rings. The van der Waals surface area contributed by atoms with Crippen molar-refractivity contribution in [3.63, 3.8) is 0 Å². The van der Waals surface area contributed by atoms with Gasteiger partial charge in [-0.1, -0.05) is 17.7 Å². The van der Waals surface area contributed by atoms with E-state index in [1.54, 1.807) is 25.1 Å². The van der Waals surface area contributed by atoms with Gasteiger partial charge in [0.25, 0.3) is 5.91 Å². The molecule has 1 aromatic rings. The molecule has 0 radical (unpaired) electrons. The van der Waals surface area contributed by atoms with Gasteiger partial charge in [0, 0.05) is 17.1 Å². The molecular formula is C14H16ClNO4. The van der Waals surface area contributed by atoms with Crippen molar-refractivity contribution >= 4 is 23.5 Å². The second-order valence-electron chi connectivity index (χ2n) is 4.95. The lowest BCUT2D eigenvalue weighted by atomic mass is 10.1. The van der Waals surface area contributed by atoms with Gasteiger partial charge in [0.2, 0.25) is 0 Å². The molecule has 1 unspecified atom stereocenters. The van der Waals surface area contributed by atoms with Gasteiger partial charge in [0.05, 0.1) is 12.6 Å². The molecule has 0 bridgehead atoms. The Balaban J connectivity index is 2.19. The average molecular weight is 298 g/mol. The SMILES string of the molecule is Cc1ccc(C(=O)N2CC(C(=O)O)O[C@H](C)C2)cc1Cl. The molecular weight excluding hydrogens is 282 g/mol. The predicted molar refractivity (Wildman–Crippen MR) is 74.1 cm³/mol. The first-order valence-electron chi connectivity index (χ1n) is 6.32. The van der Waals surface area contributed by atoms with Crippen LogP contribution in [0.4, 0.5) is 0 Å². The van der Waals surface area contributed by atoms with Crippen LogP contribution in [-0.2, 0) is 9.53 Å². The van der Waals surface area contributed by atoms with Crippen LogP contribution in [0.15, 0.2) is 18.2 Å². The zero-order chi connectivity index (χ0) is 14.9. The summed E-state index contributed by atoms with van der Waals surface area (Å²) in [6.45, 7) is 4.02. The second-order valence-corrected chi connectivity index (χ2v) is 5.35. The molecule has 0 aromatic heterocycles. The summed E-state index contributed by atoms with van der Waals surface area (Å²) >= 11 is 6.02. The molecule has 6 heteroatoms.